The van der Waals surface area contributed by atoms with Crippen molar-refractivity contribution >= 4 is 26.2 Å². The van der Waals surface area contributed by atoms with Gasteiger partial charge in [0.05, 0.1) is 0 Å². The maximum atomic E-state index is 5.43. The van der Waals surface area contributed by atoms with Crippen molar-refractivity contribution in [1.29, 1.82) is 0 Å². The molecule has 0 aliphatic heterocycles. The molecule has 0 aliphatic rings. The van der Waals surface area contributed by atoms with Gasteiger partial charge in [0.1, 0.15) is 0 Å². The summed E-state index contributed by atoms with van der Waals surface area (Å²) in [5.74, 6) is 0. The monoisotopic (exact) mass is 196 g/mol. The molecule has 0 bridgehead atoms. The van der Waals surface area contributed by atoms with E-state index in [0.717, 1.165) is 0 Å². The van der Waals surface area contributed by atoms with Gasteiger partial charge in [0, 0.05) is 18.3 Å². The van der Waals surface area contributed by atoms with Crippen molar-refractivity contribution in [3.8, 4) is 0 Å². The van der Waals surface area contributed by atoms with Crippen molar-refractivity contribution in [3.63, 3.8) is 0 Å². The molecule has 3 nitrogen and oxygen atoms in total. The first-order chi connectivity index (χ1) is 5.91. The Balaban J connectivity index is 0. The molecule has 0 radical (unpaired) electrons. The topological polar surface area (TPSA) is 27.7 Å². The van der Waals surface area contributed by atoms with Gasteiger partial charge in [-0.05, 0) is 41.5 Å². The first-order valence-corrected chi connectivity index (χ1v) is 4.88. The van der Waals surface area contributed by atoms with Crippen LogP contribution in [0.15, 0.2) is 0 Å². The number of hydrogen-bond acceptors (Lipinski definition) is 3. The minimum absolute atomic E-state index is 0. The van der Waals surface area contributed by atoms with Crippen molar-refractivity contribution in [2.24, 2.45) is 0 Å². The molecule has 0 aromatic heterocycles. The van der Waals surface area contributed by atoms with Crippen molar-refractivity contribution in [1.82, 2.24) is 0 Å². The van der Waals surface area contributed by atoms with Gasteiger partial charge >= 0.3 is 26.2 Å². The molecular formula is C9H22BLiO3. The van der Waals surface area contributed by atoms with Crippen LogP contribution in [0.1, 0.15) is 41.5 Å². The molecule has 0 atom stereocenters. The van der Waals surface area contributed by atoms with Crippen LogP contribution >= 0.6 is 0 Å². The van der Waals surface area contributed by atoms with E-state index in [1.54, 1.807) is 0 Å². The zero-order valence-corrected chi connectivity index (χ0v) is 9.53. The molecule has 0 aromatic carbocycles. The van der Waals surface area contributed by atoms with Gasteiger partial charge in [-0.2, -0.15) is 0 Å². The molecule has 0 N–H and O–H groups in total. The van der Waals surface area contributed by atoms with Crippen LogP contribution in [0.3, 0.4) is 0 Å². The Morgan fingerprint density at radius 1 is 0.643 bits per heavy atom. The van der Waals surface area contributed by atoms with Gasteiger partial charge in [-0.3, -0.25) is 0 Å². The van der Waals surface area contributed by atoms with Crippen molar-refractivity contribution in [2.45, 2.75) is 59.9 Å². The second-order valence-corrected chi connectivity index (χ2v) is 3.84. The molecule has 0 saturated heterocycles. The molecule has 0 fully saturated rings. The molecule has 0 heterocycles. The first kappa shape index (κ1) is 17.0. The van der Waals surface area contributed by atoms with Crippen LogP contribution < -0.4 is 0 Å². The van der Waals surface area contributed by atoms with Crippen LogP contribution in [0.4, 0.5) is 0 Å². The van der Waals surface area contributed by atoms with Crippen LogP contribution in [0.5, 0.6) is 0 Å². The molecule has 0 saturated carbocycles. The Labute approximate surface area is 100 Å². The summed E-state index contributed by atoms with van der Waals surface area (Å²) in [7, 11) is -0.542. The summed E-state index contributed by atoms with van der Waals surface area (Å²) in [6.07, 6.45) is 0.340. The normalized spacial score (nSPS) is 10.9. The second-order valence-electron chi connectivity index (χ2n) is 3.84. The Morgan fingerprint density at radius 3 is 1.00 bits per heavy atom. The fourth-order valence-electron chi connectivity index (χ4n) is 0.763. The third kappa shape index (κ3) is 10.6. The summed E-state index contributed by atoms with van der Waals surface area (Å²) >= 11 is 0. The molecule has 5 heteroatoms. The van der Waals surface area contributed by atoms with E-state index in [9.17, 15) is 0 Å². The van der Waals surface area contributed by atoms with E-state index in [1.165, 1.54) is 0 Å². The van der Waals surface area contributed by atoms with Crippen molar-refractivity contribution in [3.05, 3.63) is 0 Å². The molecule has 0 unspecified atom stereocenters. The fraction of sp³-hybridized carbons (Fsp3) is 1.00. The van der Waals surface area contributed by atoms with Gasteiger partial charge in [0.25, 0.3) is 0 Å². The van der Waals surface area contributed by atoms with Crippen molar-refractivity contribution < 1.29 is 14.0 Å². The molecule has 0 rings (SSSR count). The third-order valence-corrected chi connectivity index (χ3v) is 1.15. The van der Waals surface area contributed by atoms with Gasteiger partial charge < -0.3 is 14.0 Å². The molecule has 0 amide bonds. The van der Waals surface area contributed by atoms with Gasteiger partial charge in [-0.25, -0.2) is 0 Å². The molecule has 14 heavy (non-hydrogen) atoms. The van der Waals surface area contributed by atoms with Gasteiger partial charge in [-0.15, -0.1) is 0 Å². The van der Waals surface area contributed by atoms with E-state index in [0.29, 0.717) is 0 Å². The van der Waals surface area contributed by atoms with E-state index in [-0.39, 0.29) is 37.2 Å². The van der Waals surface area contributed by atoms with Crippen molar-refractivity contribution in [2.75, 3.05) is 0 Å². The van der Waals surface area contributed by atoms with Crippen LogP contribution in [-0.4, -0.2) is 44.5 Å². The Kier molecular flexibility index (Phi) is 10.7. The van der Waals surface area contributed by atoms with E-state index in [1.807, 2.05) is 41.5 Å². The standard InChI is InChI=1S/C9H21BO3.Li.H/c1-7(2)11-10(12-8(3)4)13-9(5)6;;/h7-9H,1-6H3;;. The quantitative estimate of drug-likeness (QED) is 0.603. The molecule has 0 aliphatic carbocycles. The Morgan fingerprint density at radius 2 is 0.857 bits per heavy atom. The summed E-state index contributed by atoms with van der Waals surface area (Å²) in [5, 5.41) is 0. The van der Waals surface area contributed by atoms with E-state index < -0.39 is 7.32 Å². The molecular weight excluding hydrogens is 174 g/mol. The maximum absolute atomic E-state index is 5.43. The summed E-state index contributed by atoms with van der Waals surface area (Å²) < 4.78 is 16.3. The van der Waals surface area contributed by atoms with E-state index in [2.05, 4.69) is 0 Å². The van der Waals surface area contributed by atoms with E-state index in [4.69, 9.17) is 14.0 Å². The van der Waals surface area contributed by atoms with Crippen LogP contribution in [0.25, 0.3) is 0 Å². The van der Waals surface area contributed by atoms with Crippen LogP contribution in [-0.2, 0) is 14.0 Å². The van der Waals surface area contributed by atoms with Crippen LogP contribution in [0, 0.1) is 0 Å². The predicted octanol–water partition coefficient (Wildman–Crippen LogP) is 1.60. The molecule has 80 valence electrons. The molecule has 0 spiro atoms. The van der Waals surface area contributed by atoms with Gasteiger partial charge in [-0.1, -0.05) is 0 Å². The third-order valence-electron chi connectivity index (χ3n) is 1.15. The first-order valence-electron chi connectivity index (χ1n) is 4.88. The van der Waals surface area contributed by atoms with Crippen LogP contribution in [0.2, 0.25) is 0 Å². The average molecular weight is 196 g/mol. The number of hydrogen-bond donors (Lipinski definition) is 0. The fourth-order valence-corrected chi connectivity index (χ4v) is 0.763. The second kappa shape index (κ2) is 8.82. The average Bonchev–Trinajstić information content (AvgIpc) is 1.80. The Hall–Kier alpha value is 0.542. The summed E-state index contributed by atoms with van der Waals surface area (Å²) in [4.78, 5) is 0. The molecule has 0 aromatic rings. The SMILES string of the molecule is CC(C)OB(OC(C)C)OC(C)C.[LiH]. The summed E-state index contributed by atoms with van der Waals surface area (Å²) in [6.45, 7) is 11.8. The summed E-state index contributed by atoms with van der Waals surface area (Å²) in [5.41, 5.74) is 0. The Bertz CT molecular complexity index is 107. The predicted molar refractivity (Wildman–Crippen MR) is 61.6 cm³/mol. The van der Waals surface area contributed by atoms with Gasteiger partial charge in [0.2, 0.25) is 0 Å². The number of rotatable bonds is 6. The van der Waals surface area contributed by atoms with Gasteiger partial charge in [0.15, 0.2) is 0 Å². The summed E-state index contributed by atoms with van der Waals surface area (Å²) in [6, 6.07) is 0. The van der Waals surface area contributed by atoms with E-state index >= 15 is 0 Å². The zero-order chi connectivity index (χ0) is 10.4. The minimum atomic E-state index is -0.542. The zero-order valence-electron chi connectivity index (χ0n) is 9.53.